The Morgan fingerprint density at radius 1 is 1.31 bits per heavy atom. The molecule has 0 radical (unpaired) electrons. The van der Waals surface area contributed by atoms with Crippen molar-refractivity contribution in [2.24, 2.45) is 0 Å². The van der Waals surface area contributed by atoms with Crippen LogP contribution in [0.2, 0.25) is 0 Å². The van der Waals surface area contributed by atoms with Crippen LogP contribution < -0.4 is 10.1 Å². The third kappa shape index (κ3) is 4.41. The largest absolute Gasteiger partial charge is 0.497 e. The van der Waals surface area contributed by atoms with Gasteiger partial charge >= 0.3 is 0 Å². The molecule has 3 rings (SSSR count). The Bertz CT molecular complexity index is 760. The molecule has 2 atom stereocenters. The first-order chi connectivity index (χ1) is 12.6. The van der Waals surface area contributed by atoms with E-state index in [9.17, 15) is 14.3 Å². The number of rotatable bonds is 6. The van der Waals surface area contributed by atoms with E-state index in [0.29, 0.717) is 12.0 Å². The molecular weight excluding hydrogens is 333 g/mol. The van der Waals surface area contributed by atoms with E-state index in [4.69, 9.17) is 4.74 Å². The molecule has 2 unspecified atom stereocenters. The number of hydrogen-bond donors (Lipinski definition) is 2. The normalized spacial score (nSPS) is 17.3. The van der Waals surface area contributed by atoms with Gasteiger partial charge in [0.1, 0.15) is 11.6 Å². The summed E-state index contributed by atoms with van der Waals surface area (Å²) in [6.45, 7) is 0.118. The van der Waals surface area contributed by atoms with Crippen molar-refractivity contribution in [3.63, 3.8) is 0 Å². The Hall–Kier alpha value is -2.40. The number of aliphatic hydroxyl groups is 1. The highest BCUT2D eigenvalue weighted by Gasteiger charge is 2.23. The number of ether oxygens (including phenoxy) is 1. The van der Waals surface area contributed by atoms with Gasteiger partial charge in [0.05, 0.1) is 13.2 Å². The Labute approximate surface area is 153 Å². The first kappa shape index (κ1) is 18.4. The monoisotopic (exact) mass is 357 g/mol. The number of nitrogens with one attached hydrogen (secondary N) is 1. The number of amides is 1. The highest BCUT2D eigenvalue weighted by Crippen LogP contribution is 2.35. The number of methoxy groups -OCH3 is 1. The maximum absolute atomic E-state index is 12.9. The lowest BCUT2D eigenvalue weighted by atomic mass is 9.81. The van der Waals surface area contributed by atoms with Crippen molar-refractivity contribution < 1.29 is 19.0 Å². The lowest BCUT2D eigenvalue weighted by molar-refractivity contribution is -0.122. The fourth-order valence-corrected chi connectivity index (χ4v) is 3.54. The standard InChI is InChI=1S/C21H24FNO3/c1-26-18-9-10-19-15(11-18)3-2-4-16(19)12-21(25)23-13-20(24)14-5-7-17(22)8-6-14/h5-11,16,20,24H,2-4,12-13H2,1H3,(H,23,25). The van der Waals surface area contributed by atoms with E-state index < -0.39 is 6.10 Å². The van der Waals surface area contributed by atoms with Crippen LogP contribution in [0.15, 0.2) is 42.5 Å². The van der Waals surface area contributed by atoms with Crippen LogP contribution in [0.3, 0.4) is 0 Å². The third-order valence-electron chi connectivity index (χ3n) is 4.97. The van der Waals surface area contributed by atoms with Crippen molar-refractivity contribution in [3.05, 3.63) is 65.0 Å². The van der Waals surface area contributed by atoms with Gasteiger partial charge in [0.25, 0.3) is 0 Å². The summed E-state index contributed by atoms with van der Waals surface area (Å²) in [4.78, 5) is 12.3. The molecule has 0 fully saturated rings. The molecule has 0 heterocycles. The predicted octanol–water partition coefficient (Wildman–Crippen LogP) is 3.49. The van der Waals surface area contributed by atoms with Crippen LogP contribution in [-0.4, -0.2) is 24.7 Å². The summed E-state index contributed by atoms with van der Waals surface area (Å²) in [6.07, 6.45) is 2.59. The van der Waals surface area contributed by atoms with Gasteiger partial charge in [-0.3, -0.25) is 4.79 Å². The van der Waals surface area contributed by atoms with Crippen LogP contribution in [-0.2, 0) is 11.2 Å². The van der Waals surface area contributed by atoms with E-state index in [2.05, 4.69) is 17.4 Å². The zero-order chi connectivity index (χ0) is 18.5. The second-order valence-electron chi connectivity index (χ2n) is 6.73. The van der Waals surface area contributed by atoms with Crippen molar-refractivity contribution in [3.8, 4) is 5.75 Å². The molecule has 1 amide bonds. The van der Waals surface area contributed by atoms with Gasteiger partial charge in [-0.2, -0.15) is 0 Å². The Kier molecular flexibility index (Phi) is 5.89. The molecule has 1 aliphatic carbocycles. The SMILES string of the molecule is COc1ccc2c(c1)CCCC2CC(=O)NCC(O)c1ccc(F)cc1. The number of aryl methyl sites for hydroxylation is 1. The highest BCUT2D eigenvalue weighted by atomic mass is 19.1. The third-order valence-corrected chi connectivity index (χ3v) is 4.97. The summed E-state index contributed by atoms with van der Waals surface area (Å²) in [6, 6.07) is 11.7. The quantitative estimate of drug-likeness (QED) is 0.832. The van der Waals surface area contributed by atoms with E-state index in [0.717, 1.165) is 25.0 Å². The fraction of sp³-hybridized carbons (Fsp3) is 0.381. The molecule has 2 aromatic rings. The smallest absolute Gasteiger partial charge is 0.220 e. The lowest BCUT2D eigenvalue weighted by Gasteiger charge is -2.25. The fourth-order valence-electron chi connectivity index (χ4n) is 3.54. The van der Waals surface area contributed by atoms with Crippen molar-refractivity contribution in [1.29, 1.82) is 0 Å². The van der Waals surface area contributed by atoms with Crippen LogP contribution >= 0.6 is 0 Å². The van der Waals surface area contributed by atoms with Gasteiger partial charge in [0, 0.05) is 13.0 Å². The molecule has 2 N–H and O–H groups in total. The second-order valence-corrected chi connectivity index (χ2v) is 6.73. The number of aliphatic hydroxyl groups excluding tert-OH is 1. The van der Waals surface area contributed by atoms with Crippen molar-refractivity contribution >= 4 is 5.91 Å². The molecule has 0 bridgehead atoms. The van der Waals surface area contributed by atoms with E-state index in [1.165, 1.54) is 35.4 Å². The molecule has 26 heavy (non-hydrogen) atoms. The molecule has 2 aromatic carbocycles. The zero-order valence-electron chi connectivity index (χ0n) is 14.9. The number of fused-ring (bicyclic) bond motifs is 1. The minimum absolute atomic E-state index is 0.0835. The van der Waals surface area contributed by atoms with Crippen LogP contribution in [0.25, 0.3) is 0 Å². The molecule has 0 saturated heterocycles. The number of hydrogen-bond acceptors (Lipinski definition) is 3. The number of benzene rings is 2. The van der Waals surface area contributed by atoms with Gasteiger partial charge in [0.15, 0.2) is 0 Å². The van der Waals surface area contributed by atoms with Gasteiger partial charge in [-0.05, 0) is 66.1 Å². The lowest BCUT2D eigenvalue weighted by Crippen LogP contribution is -2.30. The Morgan fingerprint density at radius 2 is 2.08 bits per heavy atom. The minimum Gasteiger partial charge on any atom is -0.497 e. The summed E-state index contributed by atoms with van der Waals surface area (Å²) < 4.78 is 18.2. The van der Waals surface area contributed by atoms with Crippen LogP contribution in [0, 0.1) is 5.82 Å². The second kappa shape index (κ2) is 8.32. The Morgan fingerprint density at radius 3 is 2.81 bits per heavy atom. The molecule has 0 spiro atoms. The first-order valence-electron chi connectivity index (χ1n) is 8.94. The maximum atomic E-state index is 12.9. The molecule has 0 aromatic heterocycles. The predicted molar refractivity (Wildman–Crippen MR) is 97.7 cm³/mol. The average molecular weight is 357 g/mol. The van der Waals surface area contributed by atoms with Gasteiger partial charge in [-0.25, -0.2) is 4.39 Å². The van der Waals surface area contributed by atoms with Crippen LogP contribution in [0.4, 0.5) is 4.39 Å². The van der Waals surface area contributed by atoms with E-state index in [-0.39, 0.29) is 24.2 Å². The van der Waals surface area contributed by atoms with Crippen molar-refractivity contribution in [2.75, 3.05) is 13.7 Å². The molecule has 0 aliphatic heterocycles. The minimum atomic E-state index is -0.845. The average Bonchev–Trinajstić information content (AvgIpc) is 2.66. The topological polar surface area (TPSA) is 58.6 Å². The zero-order valence-corrected chi connectivity index (χ0v) is 14.9. The molecule has 138 valence electrons. The van der Waals surface area contributed by atoms with E-state index in [1.807, 2.05) is 6.07 Å². The summed E-state index contributed by atoms with van der Waals surface area (Å²) in [7, 11) is 1.65. The molecule has 0 saturated carbocycles. The first-order valence-corrected chi connectivity index (χ1v) is 8.94. The Balaban J connectivity index is 1.56. The number of halogens is 1. The van der Waals surface area contributed by atoms with Crippen LogP contribution in [0.1, 0.15) is 48.0 Å². The number of carbonyl (C=O) groups is 1. The van der Waals surface area contributed by atoms with Crippen LogP contribution in [0.5, 0.6) is 5.75 Å². The van der Waals surface area contributed by atoms with Gasteiger partial charge in [-0.1, -0.05) is 18.2 Å². The molecule has 4 nitrogen and oxygen atoms in total. The van der Waals surface area contributed by atoms with E-state index >= 15 is 0 Å². The van der Waals surface area contributed by atoms with Gasteiger partial charge in [0.2, 0.25) is 5.91 Å². The maximum Gasteiger partial charge on any atom is 0.220 e. The molecule has 1 aliphatic rings. The van der Waals surface area contributed by atoms with E-state index in [1.54, 1.807) is 7.11 Å². The summed E-state index contributed by atoms with van der Waals surface area (Å²) in [5, 5.41) is 12.9. The van der Waals surface area contributed by atoms with Gasteiger partial charge < -0.3 is 15.2 Å². The highest BCUT2D eigenvalue weighted by molar-refractivity contribution is 5.77. The van der Waals surface area contributed by atoms with Gasteiger partial charge in [-0.15, -0.1) is 0 Å². The summed E-state index contributed by atoms with van der Waals surface area (Å²) >= 11 is 0. The summed E-state index contributed by atoms with van der Waals surface area (Å²) in [5.74, 6) is 0.598. The number of carbonyl (C=O) groups excluding carboxylic acids is 1. The summed E-state index contributed by atoms with van der Waals surface area (Å²) in [5.41, 5.74) is 3.05. The van der Waals surface area contributed by atoms with Crippen molar-refractivity contribution in [1.82, 2.24) is 5.32 Å². The molecule has 5 heteroatoms. The molecular formula is C21H24FNO3. The van der Waals surface area contributed by atoms with Crippen molar-refractivity contribution in [2.45, 2.75) is 37.7 Å².